The van der Waals surface area contributed by atoms with Crippen molar-refractivity contribution in [1.82, 2.24) is 10.2 Å². The van der Waals surface area contributed by atoms with Crippen molar-refractivity contribution >= 4 is 11.8 Å². The Balaban J connectivity index is 1.59. The highest BCUT2D eigenvalue weighted by Crippen LogP contribution is 2.19. The SMILES string of the molecule is O=C(N[C@H]1C=C[C@H](CC(=O)N2CCCCC2)O[C@@H]1CO)c1cccc(F)c1. The van der Waals surface area contributed by atoms with Gasteiger partial charge in [-0.2, -0.15) is 0 Å². The van der Waals surface area contributed by atoms with Crippen molar-refractivity contribution in [2.45, 2.75) is 43.9 Å². The first-order valence-corrected chi connectivity index (χ1v) is 9.35. The smallest absolute Gasteiger partial charge is 0.251 e. The first-order chi connectivity index (χ1) is 13.1. The van der Waals surface area contributed by atoms with Gasteiger partial charge in [0.2, 0.25) is 5.91 Å². The minimum absolute atomic E-state index is 0.0447. The number of halogens is 1. The van der Waals surface area contributed by atoms with Crippen LogP contribution in [0.3, 0.4) is 0 Å². The quantitative estimate of drug-likeness (QED) is 0.766. The molecule has 0 saturated carbocycles. The van der Waals surface area contributed by atoms with Crippen LogP contribution in [0.1, 0.15) is 36.0 Å². The number of likely N-dealkylation sites (tertiary alicyclic amines) is 1. The predicted octanol–water partition coefficient (Wildman–Crippen LogP) is 1.64. The van der Waals surface area contributed by atoms with Gasteiger partial charge < -0.3 is 20.1 Å². The van der Waals surface area contributed by atoms with Gasteiger partial charge >= 0.3 is 0 Å². The lowest BCUT2D eigenvalue weighted by molar-refractivity contribution is -0.136. The van der Waals surface area contributed by atoms with Gasteiger partial charge in [-0.1, -0.05) is 18.2 Å². The predicted molar refractivity (Wildman–Crippen MR) is 97.6 cm³/mol. The van der Waals surface area contributed by atoms with E-state index in [4.69, 9.17) is 4.74 Å². The van der Waals surface area contributed by atoms with Crippen LogP contribution in [0.15, 0.2) is 36.4 Å². The largest absolute Gasteiger partial charge is 0.394 e. The average Bonchev–Trinajstić information content (AvgIpc) is 2.69. The van der Waals surface area contributed by atoms with Crippen LogP contribution in [0.4, 0.5) is 4.39 Å². The van der Waals surface area contributed by atoms with Crippen LogP contribution in [0.2, 0.25) is 0 Å². The number of aliphatic hydroxyl groups excluding tert-OH is 1. The van der Waals surface area contributed by atoms with Crippen LogP contribution in [0.5, 0.6) is 0 Å². The highest BCUT2D eigenvalue weighted by molar-refractivity contribution is 5.94. The fourth-order valence-electron chi connectivity index (χ4n) is 3.44. The number of nitrogens with zero attached hydrogens (tertiary/aromatic N) is 1. The van der Waals surface area contributed by atoms with E-state index in [2.05, 4.69) is 5.32 Å². The lowest BCUT2D eigenvalue weighted by Gasteiger charge is -2.33. The van der Waals surface area contributed by atoms with Crippen molar-refractivity contribution < 1.29 is 23.8 Å². The summed E-state index contributed by atoms with van der Waals surface area (Å²) in [4.78, 5) is 26.5. The molecular weight excluding hydrogens is 351 g/mol. The normalized spacial score (nSPS) is 25.3. The van der Waals surface area contributed by atoms with Gasteiger partial charge in [-0.05, 0) is 37.5 Å². The number of benzene rings is 1. The van der Waals surface area contributed by atoms with E-state index in [1.54, 1.807) is 12.2 Å². The van der Waals surface area contributed by atoms with Crippen LogP contribution in [-0.4, -0.2) is 59.8 Å². The van der Waals surface area contributed by atoms with Crippen molar-refractivity contribution in [3.8, 4) is 0 Å². The van der Waals surface area contributed by atoms with E-state index in [-0.39, 0.29) is 24.5 Å². The minimum atomic E-state index is -0.660. The molecule has 1 fully saturated rings. The van der Waals surface area contributed by atoms with Gasteiger partial charge in [0.05, 0.1) is 25.2 Å². The van der Waals surface area contributed by atoms with Gasteiger partial charge in [0, 0.05) is 18.7 Å². The third-order valence-electron chi connectivity index (χ3n) is 4.93. The van der Waals surface area contributed by atoms with Crippen LogP contribution >= 0.6 is 0 Å². The number of rotatable bonds is 5. The van der Waals surface area contributed by atoms with E-state index in [0.717, 1.165) is 38.4 Å². The Morgan fingerprint density at radius 1 is 1.22 bits per heavy atom. The average molecular weight is 376 g/mol. The zero-order valence-corrected chi connectivity index (χ0v) is 15.1. The van der Waals surface area contributed by atoms with E-state index in [0.29, 0.717) is 0 Å². The Kier molecular flexibility index (Phi) is 6.58. The van der Waals surface area contributed by atoms with Gasteiger partial charge in [0.15, 0.2) is 0 Å². The number of nitrogens with one attached hydrogen (secondary N) is 1. The van der Waals surface area contributed by atoms with E-state index in [9.17, 15) is 19.1 Å². The summed E-state index contributed by atoms with van der Waals surface area (Å²) in [5, 5.41) is 12.4. The fourth-order valence-corrected chi connectivity index (χ4v) is 3.44. The van der Waals surface area contributed by atoms with Gasteiger partial charge in [0.1, 0.15) is 11.9 Å². The Labute approximate surface area is 158 Å². The summed E-state index contributed by atoms with van der Waals surface area (Å²) in [6.07, 6.45) is 5.81. The summed E-state index contributed by atoms with van der Waals surface area (Å²) in [6, 6.07) is 4.84. The molecule has 3 atom stereocenters. The van der Waals surface area contributed by atoms with Crippen molar-refractivity contribution in [3.05, 3.63) is 47.8 Å². The molecule has 146 valence electrons. The Morgan fingerprint density at radius 2 is 2.00 bits per heavy atom. The number of aliphatic hydroxyl groups is 1. The van der Waals surface area contributed by atoms with Gasteiger partial charge in [0.25, 0.3) is 5.91 Å². The summed E-state index contributed by atoms with van der Waals surface area (Å²) in [5.41, 5.74) is 0.197. The second kappa shape index (κ2) is 9.10. The second-order valence-corrected chi connectivity index (χ2v) is 6.94. The van der Waals surface area contributed by atoms with Crippen molar-refractivity contribution in [1.29, 1.82) is 0 Å². The summed E-state index contributed by atoms with van der Waals surface area (Å²) in [6.45, 7) is 1.27. The third kappa shape index (κ3) is 5.14. The molecule has 2 amide bonds. The first-order valence-electron chi connectivity index (χ1n) is 9.35. The molecule has 27 heavy (non-hydrogen) atoms. The molecule has 2 heterocycles. The Morgan fingerprint density at radius 3 is 2.70 bits per heavy atom. The van der Waals surface area contributed by atoms with Gasteiger partial charge in [-0.3, -0.25) is 9.59 Å². The molecule has 1 saturated heterocycles. The minimum Gasteiger partial charge on any atom is -0.394 e. The summed E-state index contributed by atoms with van der Waals surface area (Å²) < 4.78 is 19.1. The number of hydrogen-bond acceptors (Lipinski definition) is 4. The number of carbonyl (C=O) groups is 2. The second-order valence-electron chi connectivity index (χ2n) is 6.94. The molecule has 6 nitrogen and oxygen atoms in total. The number of piperidine rings is 1. The third-order valence-corrected chi connectivity index (χ3v) is 4.93. The molecule has 2 aliphatic heterocycles. The molecular formula is C20H25FN2O4. The molecule has 0 radical (unpaired) electrons. The maximum absolute atomic E-state index is 13.3. The van der Waals surface area contributed by atoms with Crippen LogP contribution in [-0.2, 0) is 9.53 Å². The molecule has 0 aromatic heterocycles. The number of carbonyl (C=O) groups excluding carboxylic acids is 2. The van der Waals surface area contributed by atoms with Crippen molar-refractivity contribution in [3.63, 3.8) is 0 Å². The Bertz CT molecular complexity index is 703. The topological polar surface area (TPSA) is 78.9 Å². The fraction of sp³-hybridized carbons (Fsp3) is 0.500. The lowest BCUT2D eigenvalue weighted by atomic mass is 10.0. The first kappa shape index (κ1) is 19.5. The maximum atomic E-state index is 13.3. The van der Waals surface area contributed by atoms with Crippen molar-refractivity contribution in [2.24, 2.45) is 0 Å². The standard InChI is InChI=1S/C20H25FN2O4/c21-15-6-4-5-14(11-15)20(26)22-17-8-7-16(27-18(17)13-24)12-19(25)23-9-2-1-3-10-23/h4-8,11,16-18,24H,1-3,9-10,12-13H2,(H,22,26)/t16-,17+,18-/m1/s1. The summed E-state index contributed by atoms with van der Waals surface area (Å²) in [7, 11) is 0. The molecule has 3 rings (SSSR count). The molecule has 1 aromatic carbocycles. The van der Waals surface area contributed by atoms with Gasteiger partial charge in [-0.15, -0.1) is 0 Å². The molecule has 2 aliphatic rings. The zero-order valence-electron chi connectivity index (χ0n) is 15.1. The highest BCUT2D eigenvalue weighted by Gasteiger charge is 2.30. The Hall–Kier alpha value is -2.25. The molecule has 1 aromatic rings. The maximum Gasteiger partial charge on any atom is 0.251 e. The lowest BCUT2D eigenvalue weighted by Crippen LogP contribution is -2.49. The molecule has 0 aliphatic carbocycles. The van der Waals surface area contributed by atoms with Gasteiger partial charge in [-0.25, -0.2) is 4.39 Å². The van der Waals surface area contributed by atoms with E-state index in [1.165, 1.54) is 18.2 Å². The van der Waals surface area contributed by atoms with Crippen LogP contribution in [0, 0.1) is 5.82 Å². The molecule has 7 heteroatoms. The zero-order chi connectivity index (χ0) is 19.2. The summed E-state index contributed by atoms with van der Waals surface area (Å²) in [5.74, 6) is -0.898. The molecule has 0 spiro atoms. The van der Waals surface area contributed by atoms with E-state index < -0.39 is 30.0 Å². The molecule has 0 unspecified atom stereocenters. The monoisotopic (exact) mass is 376 g/mol. The van der Waals surface area contributed by atoms with Crippen molar-refractivity contribution in [2.75, 3.05) is 19.7 Å². The molecule has 2 N–H and O–H groups in total. The number of hydrogen-bond donors (Lipinski definition) is 2. The molecule has 0 bridgehead atoms. The van der Waals surface area contributed by atoms with Crippen LogP contribution in [0.25, 0.3) is 0 Å². The number of ether oxygens (including phenoxy) is 1. The highest BCUT2D eigenvalue weighted by atomic mass is 19.1. The van der Waals surface area contributed by atoms with E-state index in [1.807, 2.05) is 4.90 Å². The van der Waals surface area contributed by atoms with Crippen LogP contribution < -0.4 is 5.32 Å². The summed E-state index contributed by atoms with van der Waals surface area (Å²) >= 11 is 0. The van der Waals surface area contributed by atoms with E-state index >= 15 is 0 Å². The number of amides is 2.